The van der Waals surface area contributed by atoms with Gasteiger partial charge in [-0.2, -0.15) is 0 Å². The van der Waals surface area contributed by atoms with Crippen LogP contribution in [0.5, 0.6) is 0 Å². The third-order valence-corrected chi connectivity index (χ3v) is 6.40. The Kier molecular flexibility index (Phi) is 4.05. The first-order valence-electron chi connectivity index (χ1n) is 10.6. The van der Waals surface area contributed by atoms with Gasteiger partial charge in [-0.15, -0.1) is 0 Å². The summed E-state index contributed by atoms with van der Waals surface area (Å²) in [4.78, 5) is 16.1. The summed E-state index contributed by atoms with van der Waals surface area (Å²) >= 11 is 0. The number of likely N-dealkylation sites (N-methyl/N-ethyl adjacent to an activating group) is 1. The summed E-state index contributed by atoms with van der Waals surface area (Å²) in [5, 5.41) is 0. The molecule has 0 saturated carbocycles. The minimum atomic E-state index is -0.677. The van der Waals surface area contributed by atoms with Gasteiger partial charge in [-0.05, 0) is 45.7 Å². The van der Waals surface area contributed by atoms with Crippen molar-refractivity contribution in [1.29, 1.82) is 0 Å². The maximum atomic E-state index is 14.2. The number of benzene rings is 3. The van der Waals surface area contributed by atoms with Crippen LogP contribution in [-0.4, -0.2) is 13.0 Å². The second kappa shape index (κ2) is 6.43. The number of fused-ring (bicyclic) bond motifs is 5. The molecule has 3 aromatic carbocycles. The van der Waals surface area contributed by atoms with Crippen molar-refractivity contribution in [3.8, 4) is 0 Å². The van der Waals surface area contributed by atoms with Crippen molar-refractivity contribution in [2.24, 2.45) is 5.41 Å². The average Bonchev–Trinajstić information content (AvgIpc) is 3.03. The third kappa shape index (κ3) is 2.53. The molecular weight excluding hydrogens is 366 g/mol. The first-order chi connectivity index (χ1) is 14.3. The van der Waals surface area contributed by atoms with Gasteiger partial charge in [0.2, 0.25) is 5.91 Å². The summed E-state index contributed by atoms with van der Waals surface area (Å²) in [6.45, 7) is 6.70. The number of carbonyl (C=O) groups is 1. The molecule has 2 nitrogen and oxygen atoms in total. The Hall–Kier alpha value is -3.13. The Morgan fingerprint density at radius 3 is 2.10 bits per heavy atom. The zero-order valence-electron chi connectivity index (χ0n) is 18.1. The van der Waals surface area contributed by atoms with Gasteiger partial charge < -0.3 is 4.90 Å². The fourth-order valence-electron chi connectivity index (χ4n) is 5.48. The average molecular weight is 394 g/mol. The fourth-order valence-corrected chi connectivity index (χ4v) is 5.48. The number of rotatable bonds is 2. The molecule has 2 aliphatic rings. The predicted molar refractivity (Wildman–Crippen MR) is 124 cm³/mol. The topological polar surface area (TPSA) is 20.3 Å². The van der Waals surface area contributed by atoms with Gasteiger partial charge in [-0.3, -0.25) is 4.79 Å². The number of para-hydroxylation sites is 1. The van der Waals surface area contributed by atoms with E-state index >= 15 is 0 Å². The Bertz CT molecular complexity index is 1180. The maximum absolute atomic E-state index is 14.2. The molecule has 0 aromatic heterocycles. The van der Waals surface area contributed by atoms with Crippen molar-refractivity contribution in [3.05, 3.63) is 101 Å². The van der Waals surface area contributed by atoms with Gasteiger partial charge in [0, 0.05) is 12.6 Å². The van der Waals surface area contributed by atoms with Gasteiger partial charge in [-0.1, -0.05) is 93.6 Å². The van der Waals surface area contributed by atoms with Crippen LogP contribution in [0.25, 0.3) is 11.1 Å². The number of hydrogen-bond acceptors (Lipinski definition) is 1. The van der Waals surface area contributed by atoms with E-state index in [2.05, 4.69) is 87.5 Å². The fraction of sp³-hybridized carbons (Fsp3) is 0.250. The quantitative estimate of drug-likeness (QED) is 0.500. The lowest BCUT2D eigenvalue weighted by Crippen LogP contribution is -2.50. The number of amides is 1. The van der Waals surface area contributed by atoms with Crippen molar-refractivity contribution in [2.75, 3.05) is 11.9 Å². The molecule has 0 bridgehead atoms. The third-order valence-electron chi connectivity index (χ3n) is 6.40. The van der Waals surface area contributed by atoms with E-state index in [-0.39, 0.29) is 11.3 Å². The van der Waals surface area contributed by atoms with E-state index in [1.165, 1.54) is 27.8 Å². The summed E-state index contributed by atoms with van der Waals surface area (Å²) < 4.78 is 0. The van der Waals surface area contributed by atoms with E-state index in [4.69, 9.17) is 0 Å². The summed E-state index contributed by atoms with van der Waals surface area (Å²) in [5.41, 5.74) is 7.32. The summed E-state index contributed by atoms with van der Waals surface area (Å²) in [6.07, 6.45) is 0.764. The minimum Gasteiger partial charge on any atom is -0.314 e. The molecule has 30 heavy (non-hydrogen) atoms. The first-order valence-corrected chi connectivity index (χ1v) is 10.6. The van der Waals surface area contributed by atoms with Gasteiger partial charge in [0.15, 0.2) is 0 Å². The molecule has 0 radical (unpaired) electrons. The van der Waals surface area contributed by atoms with Crippen LogP contribution in [0.1, 0.15) is 49.4 Å². The second-order valence-corrected chi connectivity index (χ2v) is 9.69. The Morgan fingerprint density at radius 1 is 0.800 bits per heavy atom. The number of carbonyl (C=O) groups excluding carboxylic acids is 1. The van der Waals surface area contributed by atoms with Crippen LogP contribution in [0.4, 0.5) is 5.69 Å². The Morgan fingerprint density at radius 2 is 1.40 bits per heavy atom. The molecule has 1 heterocycles. The number of anilines is 1. The molecule has 0 fully saturated rings. The van der Waals surface area contributed by atoms with Crippen molar-refractivity contribution >= 4 is 22.7 Å². The van der Waals surface area contributed by atoms with E-state index in [0.717, 1.165) is 17.7 Å². The van der Waals surface area contributed by atoms with E-state index in [1.54, 1.807) is 0 Å². The van der Waals surface area contributed by atoms with Gasteiger partial charge in [0.25, 0.3) is 0 Å². The lowest BCUT2D eigenvalue weighted by Gasteiger charge is -2.44. The monoisotopic (exact) mass is 393 g/mol. The van der Waals surface area contributed by atoms with E-state index in [1.807, 2.05) is 24.1 Å². The zero-order valence-corrected chi connectivity index (χ0v) is 18.1. The molecule has 150 valence electrons. The molecule has 0 N–H and O–H groups in total. The van der Waals surface area contributed by atoms with Gasteiger partial charge in [0.1, 0.15) is 5.41 Å². The molecule has 1 aliphatic carbocycles. The zero-order chi connectivity index (χ0) is 21.1. The van der Waals surface area contributed by atoms with Crippen LogP contribution in [0.15, 0.2) is 78.9 Å². The summed E-state index contributed by atoms with van der Waals surface area (Å²) in [6, 6.07) is 27.4. The largest absolute Gasteiger partial charge is 0.314 e. The predicted octanol–water partition coefficient (Wildman–Crippen LogP) is 6.31. The van der Waals surface area contributed by atoms with Crippen molar-refractivity contribution in [1.82, 2.24) is 0 Å². The molecular formula is C28H27NO. The molecule has 2 heteroatoms. The van der Waals surface area contributed by atoms with E-state index in [9.17, 15) is 4.79 Å². The SMILES string of the molecule is CN1C(=O)[C@@]2(CC(C)(C)C)C(=C(c3ccccc3)c3ccccc32)c2ccccc21. The van der Waals surface area contributed by atoms with Crippen LogP contribution < -0.4 is 4.90 Å². The van der Waals surface area contributed by atoms with Crippen molar-refractivity contribution in [2.45, 2.75) is 32.6 Å². The van der Waals surface area contributed by atoms with Crippen molar-refractivity contribution < 1.29 is 4.79 Å². The van der Waals surface area contributed by atoms with Crippen molar-refractivity contribution in [3.63, 3.8) is 0 Å². The van der Waals surface area contributed by atoms with Gasteiger partial charge in [-0.25, -0.2) is 0 Å². The lowest BCUT2D eigenvalue weighted by atomic mass is 9.63. The number of nitrogens with zero attached hydrogens (tertiary/aromatic N) is 1. The van der Waals surface area contributed by atoms with E-state index in [0.29, 0.717) is 0 Å². The summed E-state index contributed by atoms with van der Waals surface area (Å²) in [5.74, 6) is 0.171. The Balaban J connectivity index is 1.97. The molecule has 1 aliphatic heterocycles. The highest BCUT2D eigenvalue weighted by Gasteiger charge is 2.56. The summed E-state index contributed by atoms with van der Waals surface area (Å²) in [7, 11) is 1.92. The molecule has 5 rings (SSSR count). The molecule has 0 unspecified atom stereocenters. The molecule has 3 aromatic rings. The molecule has 1 amide bonds. The van der Waals surface area contributed by atoms with Crippen LogP contribution in [0.2, 0.25) is 0 Å². The smallest absolute Gasteiger partial charge is 0.241 e. The lowest BCUT2D eigenvalue weighted by molar-refractivity contribution is -0.123. The standard InChI is InChI=1S/C28H27NO/c1-27(2,3)18-28-22-16-10-8-14-20(22)24(19-12-6-5-7-13-19)25(28)21-15-9-11-17-23(21)29(4)26(28)30/h5-17H,18H2,1-4H3/t28-/m1/s1. The van der Waals surface area contributed by atoms with Crippen LogP contribution in [0, 0.1) is 5.41 Å². The minimum absolute atomic E-state index is 0.0206. The van der Waals surface area contributed by atoms with Gasteiger partial charge >= 0.3 is 0 Å². The normalized spacial score (nSPS) is 20.1. The molecule has 0 spiro atoms. The second-order valence-electron chi connectivity index (χ2n) is 9.69. The molecule has 0 saturated heterocycles. The highest BCUT2D eigenvalue weighted by Crippen LogP contribution is 2.61. The number of hydrogen-bond donors (Lipinski definition) is 0. The highest BCUT2D eigenvalue weighted by atomic mass is 16.2. The van der Waals surface area contributed by atoms with Gasteiger partial charge in [0.05, 0.1) is 5.69 Å². The first kappa shape index (κ1) is 18.9. The maximum Gasteiger partial charge on any atom is 0.241 e. The highest BCUT2D eigenvalue weighted by molar-refractivity contribution is 6.25. The Labute approximate surface area is 178 Å². The molecule has 1 atom stereocenters. The van der Waals surface area contributed by atoms with Crippen LogP contribution >= 0.6 is 0 Å². The van der Waals surface area contributed by atoms with Crippen LogP contribution in [-0.2, 0) is 10.2 Å². The van der Waals surface area contributed by atoms with E-state index < -0.39 is 5.41 Å². The van der Waals surface area contributed by atoms with Crippen LogP contribution in [0.3, 0.4) is 0 Å².